The van der Waals surface area contributed by atoms with Gasteiger partial charge in [-0.1, -0.05) is 26.0 Å². The molecular formula is C18H18F3NOS. The minimum absolute atomic E-state index is 0.0789. The van der Waals surface area contributed by atoms with Crippen molar-refractivity contribution in [3.63, 3.8) is 0 Å². The van der Waals surface area contributed by atoms with Gasteiger partial charge in [0.25, 0.3) is 0 Å². The van der Waals surface area contributed by atoms with E-state index in [1.54, 1.807) is 12.1 Å². The SMILES string of the molecule is CC(C)[C@H](NC(=O)CSc1ccc(F)c(F)c1)c1ccc(F)cc1. The Kier molecular flexibility index (Phi) is 6.31. The van der Waals surface area contributed by atoms with Gasteiger partial charge >= 0.3 is 0 Å². The van der Waals surface area contributed by atoms with Crippen LogP contribution in [0.1, 0.15) is 25.5 Å². The average molecular weight is 353 g/mol. The molecule has 0 spiro atoms. The summed E-state index contributed by atoms with van der Waals surface area (Å²) in [6.45, 7) is 3.91. The minimum atomic E-state index is -0.938. The number of hydrogen-bond acceptors (Lipinski definition) is 2. The van der Waals surface area contributed by atoms with E-state index in [9.17, 15) is 18.0 Å². The highest BCUT2D eigenvalue weighted by Gasteiger charge is 2.18. The van der Waals surface area contributed by atoms with Gasteiger partial charge in [-0.05, 0) is 41.8 Å². The Morgan fingerprint density at radius 1 is 1.04 bits per heavy atom. The van der Waals surface area contributed by atoms with E-state index in [0.29, 0.717) is 4.90 Å². The fourth-order valence-corrected chi connectivity index (χ4v) is 2.97. The van der Waals surface area contributed by atoms with Crippen molar-refractivity contribution < 1.29 is 18.0 Å². The summed E-state index contributed by atoms with van der Waals surface area (Å²) in [4.78, 5) is 12.6. The molecule has 0 fully saturated rings. The summed E-state index contributed by atoms with van der Waals surface area (Å²) < 4.78 is 39.1. The maximum Gasteiger partial charge on any atom is 0.230 e. The summed E-state index contributed by atoms with van der Waals surface area (Å²) in [5.74, 6) is -2.22. The summed E-state index contributed by atoms with van der Waals surface area (Å²) in [6.07, 6.45) is 0. The summed E-state index contributed by atoms with van der Waals surface area (Å²) >= 11 is 1.12. The van der Waals surface area contributed by atoms with Crippen LogP contribution in [-0.4, -0.2) is 11.7 Å². The van der Waals surface area contributed by atoms with E-state index in [4.69, 9.17) is 0 Å². The lowest BCUT2D eigenvalue weighted by atomic mass is 9.96. The van der Waals surface area contributed by atoms with Crippen LogP contribution >= 0.6 is 11.8 Å². The number of benzene rings is 2. The number of nitrogens with one attached hydrogen (secondary N) is 1. The molecule has 0 aromatic heterocycles. The zero-order chi connectivity index (χ0) is 17.7. The van der Waals surface area contributed by atoms with Gasteiger partial charge in [-0.2, -0.15) is 0 Å². The number of carbonyl (C=O) groups is 1. The van der Waals surface area contributed by atoms with Crippen LogP contribution < -0.4 is 5.32 Å². The Morgan fingerprint density at radius 2 is 1.71 bits per heavy atom. The zero-order valence-corrected chi connectivity index (χ0v) is 14.2. The van der Waals surface area contributed by atoms with Crippen molar-refractivity contribution in [3.05, 3.63) is 65.5 Å². The molecule has 0 heterocycles. The lowest BCUT2D eigenvalue weighted by Gasteiger charge is -2.23. The summed E-state index contributed by atoms with van der Waals surface area (Å²) in [5, 5.41) is 2.90. The Balaban J connectivity index is 1.97. The average Bonchev–Trinajstić information content (AvgIpc) is 2.54. The third-order valence-corrected chi connectivity index (χ3v) is 4.47. The predicted molar refractivity (Wildman–Crippen MR) is 89.2 cm³/mol. The van der Waals surface area contributed by atoms with Crippen molar-refractivity contribution in [1.29, 1.82) is 0 Å². The fraction of sp³-hybridized carbons (Fsp3) is 0.278. The van der Waals surface area contributed by atoms with Crippen LogP contribution in [0.5, 0.6) is 0 Å². The number of hydrogen-bond donors (Lipinski definition) is 1. The van der Waals surface area contributed by atoms with Crippen molar-refractivity contribution in [2.75, 3.05) is 5.75 Å². The van der Waals surface area contributed by atoms with Crippen molar-refractivity contribution in [1.82, 2.24) is 5.32 Å². The van der Waals surface area contributed by atoms with Gasteiger partial charge in [-0.25, -0.2) is 13.2 Å². The summed E-state index contributed by atoms with van der Waals surface area (Å²) in [6, 6.07) is 9.27. The first-order valence-electron chi connectivity index (χ1n) is 7.49. The van der Waals surface area contributed by atoms with Gasteiger partial charge in [0.1, 0.15) is 5.82 Å². The summed E-state index contributed by atoms with van der Waals surface area (Å²) in [7, 11) is 0. The molecule has 2 aromatic rings. The lowest BCUT2D eigenvalue weighted by Crippen LogP contribution is -2.33. The van der Waals surface area contributed by atoms with Crippen LogP contribution in [0, 0.1) is 23.4 Å². The fourth-order valence-electron chi connectivity index (χ4n) is 2.24. The standard InChI is InChI=1S/C18H18F3NOS/c1-11(2)18(12-3-5-13(19)6-4-12)22-17(23)10-24-14-7-8-15(20)16(21)9-14/h3-9,11,18H,10H2,1-2H3,(H,22,23)/t18-/m0/s1. The quantitative estimate of drug-likeness (QED) is 0.762. The number of halogens is 3. The van der Waals surface area contributed by atoms with E-state index >= 15 is 0 Å². The molecule has 6 heteroatoms. The maximum absolute atomic E-state index is 13.2. The molecule has 2 aromatic carbocycles. The number of rotatable bonds is 6. The number of carbonyl (C=O) groups excluding carboxylic acids is 1. The minimum Gasteiger partial charge on any atom is -0.348 e. The highest BCUT2D eigenvalue weighted by atomic mass is 32.2. The Labute approximate surface area is 143 Å². The van der Waals surface area contributed by atoms with Gasteiger partial charge in [0, 0.05) is 4.90 Å². The molecule has 0 saturated heterocycles. The molecule has 2 rings (SSSR count). The van der Waals surface area contributed by atoms with Crippen LogP contribution in [0.2, 0.25) is 0 Å². The van der Waals surface area contributed by atoms with Crippen molar-refractivity contribution >= 4 is 17.7 Å². The first kappa shape index (κ1) is 18.4. The first-order valence-corrected chi connectivity index (χ1v) is 8.48. The molecule has 0 aliphatic heterocycles. The van der Waals surface area contributed by atoms with Gasteiger partial charge in [0.05, 0.1) is 11.8 Å². The third-order valence-electron chi connectivity index (χ3n) is 3.47. The Hall–Kier alpha value is -1.95. The molecule has 0 bridgehead atoms. The molecule has 1 N–H and O–H groups in total. The topological polar surface area (TPSA) is 29.1 Å². The Morgan fingerprint density at radius 3 is 2.29 bits per heavy atom. The van der Waals surface area contributed by atoms with Crippen LogP contribution in [0.4, 0.5) is 13.2 Å². The molecule has 24 heavy (non-hydrogen) atoms. The van der Waals surface area contributed by atoms with Gasteiger partial charge in [0.2, 0.25) is 5.91 Å². The highest BCUT2D eigenvalue weighted by molar-refractivity contribution is 8.00. The normalized spacial score (nSPS) is 12.2. The van der Waals surface area contributed by atoms with E-state index in [0.717, 1.165) is 29.5 Å². The van der Waals surface area contributed by atoms with Crippen molar-refractivity contribution in [2.45, 2.75) is 24.8 Å². The van der Waals surface area contributed by atoms with E-state index in [2.05, 4.69) is 5.32 Å². The molecule has 128 valence electrons. The first-order chi connectivity index (χ1) is 11.4. The molecule has 0 saturated carbocycles. The molecule has 2 nitrogen and oxygen atoms in total. The Bertz CT molecular complexity index is 704. The second kappa shape index (κ2) is 8.24. The monoisotopic (exact) mass is 353 g/mol. The van der Waals surface area contributed by atoms with Crippen LogP contribution in [0.15, 0.2) is 47.4 Å². The largest absolute Gasteiger partial charge is 0.348 e. The van der Waals surface area contributed by atoms with E-state index in [1.807, 2.05) is 13.8 Å². The molecule has 1 atom stereocenters. The van der Waals surface area contributed by atoms with E-state index in [-0.39, 0.29) is 29.4 Å². The van der Waals surface area contributed by atoms with E-state index < -0.39 is 11.6 Å². The van der Waals surface area contributed by atoms with Crippen LogP contribution in [-0.2, 0) is 4.79 Å². The van der Waals surface area contributed by atoms with E-state index in [1.165, 1.54) is 18.2 Å². The van der Waals surface area contributed by atoms with Crippen molar-refractivity contribution in [3.8, 4) is 0 Å². The lowest BCUT2D eigenvalue weighted by molar-refractivity contribution is -0.119. The second-order valence-corrected chi connectivity index (χ2v) is 6.75. The van der Waals surface area contributed by atoms with Gasteiger partial charge < -0.3 is 5.32 Å². The van der Waals surface area contributed by atoms with Crippen molar-refractivity contribution in [2.24, 2.45) is 5.92 Å². The third kappa shape index (κ3) is 5.03. The zero-order valence-electron chi connectivity index (χ0n) is 13.4. The van der Waals surface area contributed by atoms with Crippen LogP contribution in [0.3, 0.4) is 0 Å². The molecule has 1 amide bonds. The predicted octanol–water partition coefficient (Wildman–Crippen LogP) is 4.71. The molecule has 0 radical (unpaired) electrons. The molecule has 0 aliphatic rings. The molecular weight excluding hydrogens is 335 g/mol. The van der Waals surface area contributed by atoms with Gasteiger partial charge in [-0.3, -0.25) is 4.79 Å². The number of amides is 1. The summed E-state index contributed by atoms with van der Waals surface area (Å²) in [5.41, 5.74) is 0.817. The second-order valence-electron chi connectivity index (χ2n) is 5.71. The number of thioether (sulfide) groups is 1. The highest BCUT2D eigenvalue weighted by Crippen LogP contribution is 2.24. The maximum atomic E-state index is 13.2. The van der Waals surface area contributed by atoms with Gasteiger partial charge in [-0.15, -0.1) is 11.8 Å². The van der Waals surface area contributed by atoms with Crippen LogP contribution in [0.25, 0.3) is 0 Å². The molecule has 0 unspecified atom stereocenters. The molecule has 0 aliphatic carbocycles. The smallest absolute Gasteiger partial charge is 0.230 e. The van der Waals surface area contributed by atoms with Gasteiger partial charge in [0.15, 0.2) is 11.6 Å².